The van der Waals surface area contributed by atoms with Gasteiger partial charge in [-0.2, -0.15) is 4.39 Å². The van der Waals surface area contributed by atoms with Gasteiger partial charge in [0.25, 0.3) is 11.8 Å². The van der Waals surface area contributed by atoms with Crippen LogP contribution in [0.15, 0.2) is 24.4 Å². The van der Waals surface area contributed by atoms with E-state index < -0.39 is 11.9 Å². The molecule has 0 aliphatic carbocycles. The maximum atomic E-state index is 13.2. The Bertz CT molecular complexity index is 706. The third-order valence-electron chi connectivity index (χ3n) is 3.03. The number of halogens is 1. The summed E-state index contributed by atoms with van der Waals surface area (Å²) in [6, 6.07) is 4.54. The van der Waals surface area contributed by atoms with Crippen molar-refractivity contribution in [1.29, 1.82) is 0 Å². The van der Waals surface area contributed by atoms with Gasteiger partial charge in [0.2, 0.25) is 5.95 Å². The summed E-state index contributed by atoms with van der Waals surface area (Å²) >= 11 is 0. The minimum absolute atomic E-state index is 0.0868. The van der Waals surface area contributed by atoms with Crippen LogP contribution in [0.5, 0.6) is 11.6 Å². The molecule has 2 aromatic rings. The van der Waals surface area contributed by atoms with Crippen LogP contribution in [0.2, 0.25) is 0 Å². The van der Waals surface area contributed by atoms with Gasteiger partial charge in [-0.1, -0.05) is 0 Å². The molecule has 3 heterocycles. The first-order valence-electron chi connectivity index (χ1n) is 6.33. The Hall–Kier alpha value is -2.70. The summed E-state index contributed by atoms with van der Waals surface area (Å²) in [6.45, 7) is 0.744. The van der Waals surface area contributed by atoms with Crippen molar-refractivity contribution in [1.82, 2.24) is 9.97 Å². The van der Waals surface area contributed by atoms with Crippen molar-refractivity contribution in [2.75, 3.05) is 13.2 Å². The predicted octanol–water partition coefficient (Wildman–Crippen LogP) is 1.08. The van der Waals surface area contributed by atoms with Crippen molar-refractivity contribution in [3.8, 4) is 11.6 Å². The number of fused-ring (bicyclic) bond motifs is 1. The highest BCUT2D eigenvalue weighted by Gasteiger charge is 2.21. The van der Waals surface area contributed by atoms with Gasteiger partial charge in [0.1, 0.15) is 18.9 Å². The number of pyridine rings is 2. The Kier molecular flexibility index (Phi) is 3.39. The van der Waals surface area contributed by atoms with Crippen molar-refractivity contribution in [3.63, 3.8) is 0 Å². The lowest BCUT2D eigenvalue weighted by molar-refractivity contribution is 0.0992. The van der Waals surface area contributed by atoms with Crippen LogP contribution in [0.1, 0.15) is 21.6 Å². The van der Waals surface area contributed by atoms with Crippen LogP contribution in [0.3, 0.4) is 0 Å². The first-order chi connectivity index (χ1) is 10.1. The molecular weight excluding hydrogens is 277 g/mol. The van der Waals surface area contributed by atoms with Crippen molar-refractivity contribution in [2.45, 2.75) is 6.42 Å². The predicted molar refractivity (Wildman–Crippen MR) is 70.7 cm³/mol. The van der Waals surface area contributed by atoms with Crippen molar-refractivity contribution >= 4 is 5.91 Å². The summed E-state index contributed by atoms with van der Waals surface area (Å²) in [4.78, 5) is 18.9. The third-order valence-corrected chi connectivity index (χ3v) is 3.03. The van der Waals surface area contributed by atoms with Crippen LogP contribution in [-0.2, 0) is 6.42 Å². The van der Waals surface area contributed by atoms with Gasteiger partial charge in [0.05, 0.1) is 0 Å². The number of carbonyl (C=O) groups is 1. The molecule has 0 saturated carbocycles. The maximum absolute atomic E-state index is 13.2. The van der Waals surface area contributed by atoms with Crippen molar-refractivity contribution in [2.24, 2.45) is 5.73 Å². The summed E-state index contributed by atoms with van der Waals surface area (Å²) in [5.74, 6) is -0.526. The zero-order valence-corrected chi connectivity index (χ0v) is 11.0. The summed E-state index contributed by atoms with van der Waals surface area (Å²) in [6.07, 6.45) is 1.73. The molecule has 0 radical (unpaired) electrons. The lowest BCUT2D eigenvalue weighted by Gasteiger charge is -2.20. The monoisotopic (exact) mass is 289 g/mol. The van der Waals surface area contributed by atoms with E-state index in [1.807, 2.05) is 0 Å². The molecule has 0 bridgehead atoms. The Labute approximate surface area is 119 Å². The number of hydrogen-bond acceptors (Lipinski definition) is 5. The average molecular weight is 289 g/mol. The summed E-state index contributed by atoms with van der Waals surface area (Å²) in [5, 5.41) is 0. The summed E-state index contributed by atoms with van der Waals surface area (Å²) in [7, 11) is 0. The molecule has 6 nitrogen and oxygen atoms in total. The SMILES string of the molecule is NC(=O)c1cc(Cc2ccnc(F)c2)c2c(n1)OCCO2. The molecule has 0 aromatic carbocycles. The number of carbonyl (C=O) groups excluding carboxylic acids is 1. The lowest BCUT2D eigenvalue weighted by Crippen LogP contribution is -2.21. The fraction of sp³-hybridized carbons (Fsp3) is 0.214. The van der Waals surface area contributed by atoms with E-state index in [-0.39, 0.29) is 11.6 Å². The van der Waals surface area contributed by atoms with Gasteiger partial charge in [-0.05, 0) is 23.8 Å². The number of amides is 1. The van der Waals surface area contributed by atoms with Gasteiger partial charge in [-0.25, -0.2) is 9.97 Å². The zero-order valence-electron chi connectivity index (χ0n) is 11.0. The number of hydrogen-bond donors (Lipinski definition) is 1. The number of primary amides is 1. The highest BCUT2D eigenvalue weighted by atomic mass is 19.1. The van der Waals surface area contributed by atoms with Crippen LogP contribution < -0.4 is 15.2 Å². The molecule has 3 rings (SSSR count). The van der Waals surface area contributed by atoms with Crippen molar-refractivity contribution < 1.29 is 18.7 Å². The van der Waals surface area contributed by atoms with Gasteiger partial charge >= 0.3 is 0 Å². The maximum Gasteiger partial charge on any atom is 0.267 e. The van der Waals surface area contributed by atoms with E-state index in [0.29, 0.717) is 36.5 Å². The Balaban J connectivity index is 2.03. The van der Waals surface area contributed by atoms with Crippen LogP contribution in [0.25, 0.3) is 0 Å². The first-order valence-corrected chi connectivity index (χ1v) is 6.33. The highest BCUT2D eigenvalue weighted by molar-refractivity contribution is 5.91. The van der Waals surface area contributed by atoms with Crippen LogP contribution >= 0.6 is 0 Å². The second-order valence-electron chi connectivity index (χ2n) is 4.53. The first kappa shape index (κ1) is 13.3. The highest BCUT2D eigenvalue weighted by Crippen LogP contribution is 2.34. The van der Waals surface area contributed by atoms with E-state index in [0.717, 1.165) is 0 Å². The van der Waals surface area contributed by atoms with E-state index >= 15 is 0 Å². The molecule has 0 atom stereocenters. The third kappa shape index (κ3) is 2.76. The van der Waals surface area contributed by atoms with E-state index in [2.05, 4.69) is 9.97 Å². The van der Waals surface area contributed by atoms with Crippen LogP contribution in [0, 0.1) is 5.95 Å². The van der Waals surface area contributed by atoms with E-state index in [4.69, 9.17) is 15.2 Å². The molecule has 1 amide bonds. The lowest BCUT2D eigenvalue weighted by atomic mass is 10.0. The molecule has 21 heavy (non-hydrogen) atoms. The minimum atomic E-state index is -0.658. The normalized spacial score (nSPS) is 13.0. The van der Waals surface area contributed by atoms with Gasteiger partial charge in [0.15, 0.2) is 5.75 Å². The molecular formula is C14H12FN3O3. The van der Waals surface area contributed by atoms with Gasteiger partial charge < -0.3 is 15.2 Å². The van der Waals surface area contributed by atoms with Gasteiger partial charge in [0, 0.05) is 18.2 Å². The molecule has 0 unspecified atom stereocenters. The number of nitrogens with two attached hydrogens (primary N) is 1. The van der Waals surface area contributed by atoms with E-state index in [9.17, 15) is 9.18 Å². The Morgan fingerprint density at radius 3 is 2.90 bits per heavy atom. The molecule has 108 valence electrons. The number of aromatic nitrogens is 2. The molecule has 2 aromatic heterocycles. The van der Waals surface area contributed by atoms with E-state index in [1.54, 1.807) is 6.07 Å². The molecule has 2 N–H and O–H groups in total. The molecule has 1 aliphatic rings. The standard InChI is InChI=1S/C14H12FN3O3/c15-11-6-8(1-2-17-11)5-9-7-10(13(16)19)18-14-12(9)20-3-4-21-14/h1-2,6-7H,3-5H2,(H2,16,19). The fourth-order valence-corrected chi connectivity index (χ4v) is 2.12. The molecule has 0 saturated heterocycles. The average Bonchev–Trinajstić information content (AvgIpc) is 2.47. The zero-order chi connectivity index (χ0) is 14.8. The quantitative estimate of drug-likeness (QED) is 0.854. The molecule has 0 fully saturated rings. The largest absolute Gasteiger partial charge is 0.484 e. The number of rotatable bonds is 3. The smallest absolute Gasteiger partial charge is 0.267 e. The van der Waals surface area contributed by atoms with Crippen LogP contribution in [0.4, 0.5) is 4.39 Å². The molecule has 7 heteroatoms. The van der Waals surface area contributed by atoms with Gasteiger partial charge in [-0.3, -0.25) is 4.79 Å². The summed E-state index contributed by atoms with van der Waals surface area (Å²) < 4.78 is 24.1. The number of ether oxygens (including phenoxy) is 2. The van der Waals surface area contributed by atoms with Gasteiger partial charge in [-0.15, -0.1) is 0 Å². The number of nitrogens with zero attached hydrogens (tertiary/aromatic N) is 2. The van der Waals surface area contributed by atoms with E-state index in [1.165, 1.54) is 18.3 Å². The fourth-order valence-electron chi connectivity index (χ4n) is 2.12. The molecule has 0 spiro atoms. The second-order valence-corrected chi connectivity index (χ2v) is 4.53. The minimum Gasteiger partial charge on any atom is -0.484 e. The Morgan fingerprint density at radius 1 is 1.33 bits per heavy atom. The Morgan fingerprint density at radius 2 is 2.14 bits per heavy atom. The second kappa shape index (κ2) is 5.35. The van der Waals surface area contributed by atoms with Crippen molar-refractivity contribution in [3.05, 3.63) is 47.2 Å². The van der Waals surface area contributed by atoms with Crippen LogP contribution in [-0.4, -0.2) is 29.1 Å². The molecule has 1 aliphatic heterocycles. The topological polar surface area (TPSA) is 87.3 Å². The summed E-state index contributed by atoms with van der Waals surface area (Å²) in [5.41, 5.74) is 6.71.